The highest BCUT2D eigenvalue weighted by Crippen LogP contribution is 2.14. The number of hydrogen-bond donors (Lipinski definition) is 0. The zero-order valence-electron chi connectivity index (χ0n) is 16.2. The van der Waals surface area contributed by atoms with E-state index < -0.39 is 0 Å². The molecule has 28 heavy (non-hydrogen) atoms. The van der Waals surface area contributed by atoms with Crippen LogP contribution >= 0.6 is 0 Å². The van der Waals surface area contributed by atoms with Crippen molar-refractivity contribution in [3.05, 3.63) is 47.6 Å². The molecule has 1 aliphatic heterocycles. The molecule has 1 aromatic heterocycles. The molecular weight excluding hydrogens is 362 g/mol. The first kappa shape index (κ1) is 20.4. The number of methoxy groups -OCH3 is 1. The summed E-state index contributed by atoms with van der Waals surface area (Å²) in [5.74, 6) is 1.13. The smallest absolute Gasteiger partial charge is 0.252 e. The Morgan fingerprint density at radius 2 is 2.00 bits per heavy atom. The Labute approximate surface area is 164 Å². The Morgan fingerprint density at radius 3 is 2.75 bits per heavy atom. The average Bonchev–Trinajstić information content (AvgIpc) is 3.17. The normalized spacial score (nSPS) is 15.1. The number of piperidine rings is 1. The predicted octanol–water partition coefficient (Wildman–Crippen LogP) is 1.98. The lowest BCUT2D eigenvalue weighted by atomic mass is 10.1. The summed E-state index contributed by atoms with van der Waals surface area (Å²) in [5, 5.41) is 3.89. The molecule has 152 valence electrons. The molecule has 0 saturated carbocycles. The third-order valence-electron chi connectivity index (χ3n) is 4.59. The van der Waals surface area contributed by atoms with Gasteiger partial charge < -0.3 is 23.6 Å². The van der Waals surface area contributed by atoms with Crippen molar-refractivity contribution in [2.24, 2.45) is 0 Å². The second-order valence-corrected chi connectivity index (χ2v) is 6.72. The van der Waals surface area contributed by atoms with Gasteiger partial charge in [0.25, 0.3) is 5.89 Å². The molecule has 1 saturated heterocycles. The van der Waals surface area contributed by atoms with Gasteiger partial charge in [-0.1, -0.05) is 35.5 Å². The maximum atomic E-state index is 12.3. The lowest BCUT2D eigenvalue weighted by Gasteiger charge is -2.31. The van der Waals surface area contributed by atoms with Crippen LogP contribution in [0.15, 0.2) is 34.9 Å². The number of carbonyl (C=O) groups is 1. The van der Waals surface area contributed by atoms with E-state index in [-0.39, 0.29) is 18.6 Å². The van der Waals surface area contributed by atoms with Crippen LogP contribution < -0.4 is 0 Å². The molecule has 2 aromatic rings. The number of rotatable bonds is 10. The third-order valence-corrected chi connectivity index (χ3v) is 4.59. The molecule has 1 amide bonds. The maximum Gasteiger partial charge on any atom is 0.252 e. The maximum absolute atomic E-state index is 12.3. The van der Waals surface area contributed by atoms with Crippen molar-refractivity contribution in [3.63, 3.8) is 0 Å². The summed E-state index contributed by atoms with van der Waals surface area (Å²) in [6.07, 6.45) is 2.40. The highest BCUT2D eigenvalue weighted by atomic mass is 16.5. The molecule has 0 spiro atoms. The minimum atomic E-state index is 0.0341. The molecule has 2 heterocycles. The number of amides is 1. The van der Waals surface area contributed by atoms with E-state index in [2.05, 4.69) is 10.1 Å². The van der Waals surface area contributed by atoms with Gasteiger partial charge in [-0.25, -0.2) is 0 Å². The third kappa shape index (κ3) is 6.40. The van der Waals surface area contributed by atoms with Crippen LogP contribution in [0.25, 0.3) is 0 Å². The van der Waals surface area contributed by atoms with Gasteiger partial charge in [-0.15, -0.1) is 0 Å². The molecule has 0 atom stereocenters. The van der Waals surface area contributed by atoms with Gasteiger partial charge in [0.1, 0.15) is 13.2 Å². The molecule has 8 nitrogen and oxygen atoms in total. The van der Waals surface area contributed by atoms with Crippen molar-refractivity contribution in [2.45, 2.75) is 38.6 Å². The molecular formula is C20H27N3O5. The van der Waals surface area contributed by atoms with Crippen LogP contribution in [0.2, 0.25) is 0 Å². The molecule has 1 fully saturated rings. The monoisotopic (exact) mass is 389 g/mol. The molecule has 1 aliphatic rings. The lowest BCUT2D eigenvalue weighted by molar-refractivity contribution is -0.139. The summed E-state index contributed by atoms with van der Waals surface area (Å²) in [7, 11) is 1.58. The van der Waals surface area contributed by atoms with Crippen molar-refractivity contribution in [3.8, 4) is 0 Å². The zero-order valence-corrected chi connectivity index (χ0v) is 16.2. The zero-order chi connectivity index (χ0) is 19.6. The standard InChI is InChI=1S/C20H27N3O5/c1-25-14-19-21-18(22-28-19)9-12-27-17-7-10-23(11-8-17)20(24)15-26-13-16-5-3-2-4-6-16/h2-6,17H,7-15H2,1H3. The molecule has 8 heteroatoms. The molecule has 0 bridgehead atoms. The Bertz CT molecular complexity index is 714. The van der Waals surface area contributed by atoms with Crippen molar-refractivity contribution in [1.29, 1.82) is 0 Å². The van der Waals surface area contributed by atoms with Crippen LogP contribution in [0.5, 0.6) is 0 Å². The number of likely N-dealkylation sites (tertiary alicyclic amines) is 1. The summed E-state index contributed by atoms with van der Waals surface area (Å²) in [6, 6.07) is 9.85. The average molecular weight is 389 g/mol. The highest BCUT2D eigenvalue weighted by Gasteiger charge is 2.23. The van der Waals surface area contributed by atoms with Crippen LogP contribution in [0.3, 0.4) is 0 Å². The lowest BCUT2D eigenvalue weighted by Crippen LogP contribution is -2.42. The molecule has 0 unspecified atom stereocenters. The molecule has 0 aliphatic carbocycles. The fourth-order valence-corrected chi connectivity index (χ4v) is 3.08. The van der Waals surface area contributed by atoms with Crippen LogP contribution in [-0.4, -0.2) is 60.5 Å². The van der Waals surface area contributed by atoms with Crippen molar-refractivity contribution in [1.82, 2.24) is 15.0 Å². The van der Waals surface area contributed by atoms with Crippen LogP contribution in [0.1, 0.15) is 30.1 Å². The van der Waals surface area contributed by atoms with Crippen LogP contribution in [0, 0.1) is 0 Å². The number of hydrogen-bond acceptors (Lipinski definition) is 7. The van der Waals surface area contributed by atoms with E-state index in [9.17, 15) is 4.79 Å². The van der Waals surface area contributed by atoms with Gasteiger partial charge in [0.15, 0.2) is 5.82 Å². The van der Waals surface area contributed by atoms with Gasteiger partial charge in [0, 0.05) is 26.6 Å². The van der Waals surface area contributed by atoms with Crippen molar-refractivity contribution >= 4 is 5.91 Å². The van der Waals surface area contributed by atoms with Gasteiger partial charge in [0.05, 0.1) is 19.3 Å². The van der Waals surface area contributed by atoms with Gasteiger partial charge in [-0.05, 0) is 18.4 Å². The van der Waals surface area contributed by atoms with Crippen molar-refractivity contribution in [2.75, 3.05) is 33.4 Å². The SMILES string of the molecule is COCc1nc(CCOC2CCN(C(=O)COCc3ccccc3)CC2)no1. The number of nitrogens with zero attached hydrogens (tertiary/aromatic N) is 3. The van der Waals surface area contributed by atoms with E-state index in [1.54, 1.807) is 7.11 Å². The van der Waals surface area contributed by atoms with E-state index in [1.807, 2.05) is 35.2 Å². The van der Waals surface area contributed by atoms with Gasteiger partial charge in [-0.3, -0.25) is 4.79 Å². The van der Waals surface area contributed by atoms with Crippen LogP contribution in [0.4, 0.5) is 0 Å². The molecule has 1 aromatic carbocycles. The highest BCUT2D eigenvalue weighted by molar-refractivity contribution is 5.77. The first-order valence-corrected chi connectivity index (χ1v) is 9.56. The van der Waals surface area contributed by atoms with Gasteiger partial charge in [-0.2, -0.15) is 4.98 Å². The number of ether oxygens (including phenoxy) is 3. The minimum absolute atomic E-state index is 0.0341. The van der Waals surface area contributed by atoms with E-state index in [0.29, 0.717) is 51.0 Å². The first-order chi connectivity index (χ1) is 13.7. The second kappa shape index (κ2) is 10.9. The van der Waals surface area contributed by atoms with Gasteiger partial charge >= 0.3 is 0 Å². The fourth-order valence-electron chi connectivity index (χ4n) is 3.08. The van der Waals surface area contributed by atoms with E-state index in [4.69, 9.17) is 18.7 Å². The topological polar surface area (TPSA) is 86.9 Å². The van der Waals surface area contributed by atoms with Gasteiger partial charge in [0.2, 0.25) is 5.91 Å². The Morgan fingerprint density at radius 1 is 1.21 bits per heavy atom. The number of aromatic nitrogens is 2. The summed E-state index contributed by atoms with van der Waals surface area (Å²) >= 11 is 0. The van der Waals surface area contributed by atoms with Crippen molar-refractivity contribution < 1.29 is 23.5 Å². The fraction of sp³-hybridized carbons (Fsp3) is 0.550. The Balaban J connectivity index is 1.28. The Kier molecular flexibility index (Phi) is 7.95. The van der Waals surface area contributed by atoms with E-state index in [0.717, 1.165) is 18.4 Å². The number of benzene rings is 1. The molecule has 3 rings (SSSR count). The summed E-state index contributed by atoms with van der Waals surface area (Å²) in [5.41, 5.74) is 1.07. The Hall–Kier alpha value is -2.29. The second-order valence-electron chi connectivity index (χ2n) is 6.72. The summed E-state index contributed by atoms with van der Waals surface area (Å²) < 4.78 is 21.4. The predicted molar refractivity (Wildman–Crippen MR) is 100 cm³/mol. The number of carbonyl (C=O) groups excluding carboxylic acids is 1. The minimum Gasteiger partial charge on any atom is -0.378 e. The van der Waals surface area contributed by atoms with Crippen LogP contribution in [-0.2, 0) is 38.6 Å². The van der Waals surface area contributed by atoms with E-state index in [1.165, 1.54) is 0 Å². The molecule has 0 radical (unpaired) electrons. The largest absolute Gasteiger partial charge is 0.378 e. The molecule has 0 N–H and O–H groups in total. The van der Waals surface area contributed by atoms with E-state index >= 15 is 0 Å². The summed E-state index contributed by atoms with van der Waals surface area (Å²) in [6.45, 7) is 2.80. The quantitative estimate of drug-likeness (QED) is 0.614. The first-order valence-electron chi connectivity index (χ1n) is 9.56. The summed E-state index contributed by atoms with van der Waals surface area (Å²) in [4.78, 5) is 18.3.